The van der Waals surface area contributed by atoms with Gasteiger partial charge in [-0.3, -0.25) is 14.6 Å². The Balaban J connectivity index is 1.75. The summed E-state index contributed by atoms with van der Waals surface area (Å²) in [5.41, 5.74) is 1.29. The third kappa shape index (κ3) is 3.55. The van der Waals surface area contributed by atoms with E-state index in [4.69, 9.17) is 9.47 Å². The first kappa shape index (κ1) is 16.8. The Hall–Kier alpha value is -3.09. The van der Waals surface area contributed by atoms with E-state index < -0.39 is 5.92 Å². The number of nitrogens with zero attached hydrogens (tertiary/aromatic N) is 2. The summed E-state index contributed by atoms with van der Waals surface area (Å²) in [6, 6.07) is 8.65. The number of carbonyl (C=O) groups is 2. The second kappa shape index (κ2) is 7.21. The highest BCUT2D eigenvalue weighted by atomic mass is 16.5. The first-order valence-electron chi connectivity index (χ1n) is 7.85. The summed E-state index contributed by atoms with van der Waals surface area (Å²) in [4.78, 5) is 30.3. The zero-order valence-corrected chi connectivity index (χ0v) is 14.1. The number of hydrogen-bond donors (Lipinski definition) is 1. The van der Waals surface area contributed by atoms with Gasteiger partial charge in [0.2, 0.25) is 11.8 Å². The van der Waals surface area contributed by atoms with Crippen LogP contribution in [0.15, 0.2) is 42.7 Å². The van der Waals surface area contributed by atoms with E-state index in [0.29, 0.717) is 29.4 Å². The average Bonchev–Trinajstić information content (AvgIpc) is 3.03. The van der Waals surface area contributed by atoms with E-state index in [2.05, 4.69) is 10.3 Å². The van der Waals surface area contributed by atoms with Crippen LogP contribution in [0.3, 0.4) is 0 Å². The monoisotopic (exact) mass is 341 g/mol. The van der Waals surface area contributed by atoms with Crippen LogP contribution >= 0.6 is 0 Å². The summed E-state index contributed by atoms with van der Waals surface area (Å²) in [6.45, 7) is 0.304. The third-order valence-corrected chi connectivity index (χ3v) is 4.12. The molecule has 130 valence electrons. The van der Waals surface area contributed by atoms with Crippen LogP contribution in [-0.4, -0.2) is 37.6 Å². The van der Waals surface area contributed by atoms with Gasteiger partial charge in [0.1, 0.15) is 11.5 Å². The molecule has 3 rings (SSSR count). The second-order valence-corrected chi connectivity index (χ2v) is 5.67. The predicted molar refractivity (Wildman–Crippen MR) is 92.9 cm³/mol. The van der Waals surface area contributed by atoms with Crippen molar-refractivity contribution in [2.45, 2.75) is 6.42 Å². The van der Waals surface area contributed by atoms with E-state index in [1.807, 2.05) is 0 Å². The number of ether oxygens (including phenoxy) is 2. The first-order valence-corrected chi connectivity index (χ1v) is 7.85. The Morgan fingerprint density at radius 1 is 1.20 bits per heavy atom. The number of benzene rings is 1. The number of nitrogens with one attached hydrogen (secondary N) is 1. The highest BCUT2D eigenvalue weighted by Gasteiger charge is 2.36. The summed E-state index contributed by atoms with van der Waals surface area (Å²) < 4.78 is 10.5. The van der Waals surface area contributed by atoms with Crippen LogP contribution in [0.4, 0.5) is 11.4 Å². The molecule has 0 saturated carbocycles. The van der Waals surface area contributed by atoms with Crippen molar-refractivity contribution in [2.75, 3.05) is 31.0 Å². The number of amides is 2. The molecule has 1 fully saturated rings. The molecule has 0 spiro atoms. The molecule has 0 radical (unpaired) electrons. The zero-order chi connectivity index (χ0) is 17.8. The average molecular weight is 341 g/mol. The standard InChI is InChI=1S/C18H19N3O4/c1-24-14-3-4-15(16(10-14)25-2)21-11-12(9-17(21)22)18(23)20-13-5-7-19-8-6-13/h3-8,10,12H,9,11H2,1-2H3,(H,19,20,23)/t12-/m0/s1. The van der Waals surface area contributed by atoms with Crippen LogP contribution in [-0.2, 0) is 9.59 Å². The zero-order valence-electron chi connectivity index (χ0n) is 14.1. The number of pyridine rings is 1. The van der Waals surface area contributed by atoms with Crippen molar-refractivity contribution in [1.29, 1.82) is 0 Å². The Bertz CT molecular complexity index is 779. The summed E-state index contributed by atoms with van der Waals surface area (Å²) in [5.74, 6) is 0.447. The van der Waals surface area contributed by atoms with E-state index in [9.17, 15) is 9.59 Å². The van der Waals surface area contributed by atoms with Crippen LogP contribution < -0.4 is 19.7 Å². The minimum absolute atomic E-state index is 0.113. The Morgan fingerprint density at radius 2 is 1.96 bits per heavy atom. The molecule has 0 unspecified atom stereocenters. The van der Waals surface area contributed by atoms with E-state index >= 15 is 0 Å². The maximum absolute atomic E-state index is 12.4. The number of hydrogen-bond acceptors (Lipinski definition) is 5. The minimum atomic E-state index is -0.424. The van der Waals surface area contributed by atoms with Gasteiger partial charge in [0.05, 0.1) is 25.8 Å². The molecule has 7 heteroatoms. The molecule has 7 nitrogen and oxygen atoms in total. The Kier molecular flexibility index (Phi) is 4.83. The summed E-state index contributed by atoms with van der Waals surface area (Å²) >= 11 is 0. The molecule has 0 bridgehead atoms. The molecule has 25 heavy (non-hydrogen) atoms. The summed E-state index contributed by atoms with van der Waals surface area (Å²) in [5, 5.41) is 2.81. The highest BCUT2D eigenvalue weighted by Crippen LogP contribution is 2.36. The van der Waals surface area contributed by atoms with Crippen LogP contribution in [0.5, 0.6) is 11.5 Å². The number of rotatable bonds is 5. The molecule has 1 aromatic heterocycles. The predicted octanol–water partition coefficient (Wildman–Crippen LogP) is 2.09. The van der Waals surface area contributed by atoms with E-state index in [1.54, 1.807) is 54.7 Å². The lowest BCUT2D eigenvalue weighted by Crippen LogP contribution is -2.28. The smallest absolute Gasteiger partial charge is 0.229 e. The Morgan fingerprint density at radius 3 is 2.64 bits per heavy atom. The van der Waals surface area contributed by atoms with Crippen molar-refractivity contribution >= 4 is 23.2 Å². The maximum atomic E-state index is 12.4. The molecule has 2 amide bonds. The summed E-state index contributed by atoms with van der Waals surface area (Å²) in [6.07, 6.45) is 3.36. The van der Waals surface area contributed by atoms with Gasteiger partial charge in [-0.25, -0.2) is 0 Å². The molecular weight excluding hydrogens is 322 g/mol. The van der Waals surface area contributed by atoms with Gasteiger partial charge in [0.25, 0.3) is 0 Å². The van der Waals surface area contributed by atoms with E-state index in [0.717, 1.165) is 0 Å². The lowest BCUT2D eigenvalue weighted by atomic mass is 10.1. The van der Waals surface area contributed by atoms with Crippen molar-refractivity contribution in [3.8, 4) is 11.5 Å². The molecule has 0 aliphatic carbocycles. The fraction of sp³-hybridized carbons (Fsp3) is 0.278. The second-order valence-electron chi connectivity index (χ2n) is 5.67. The van der Waals surface area contributed by atoms with Gasteiger partial charge in [-0.05, 0) is 24.3 Å². The topological polar surface area (TPSA) is 80.8 Å². The normalized spacial score (nSPS) is 16.6. The van der Waals surface area contributed by atoms with Crippen molar-refractivity contribution in [2.24, 2.45) is 5.92 Å². The molecule has 1 aliphatic rings. The van der Waals surface area contributed by atoms with E-state index in [-0.39, 0.29) is 18.2 Å². The molecule has 1 aromatic carbocycles. The van der Waals surface area contributed by atoms with Crippen molar-refractivity contribution in [3.63, 3.8) is 0 Å². The molecule has 1 N–H and O–H groups in total. The van der Waals surface area contributed by atoms with Gasteiger partial charge in [0.15, 0.2) is 0 Å². The van der Waals surface area contributed by atoms with Gasteiger partial charge >= 0.3 is 0 Å². The largest absolute Gasteiger partial charge is 0.497 e. The number of aromatic nitrogens is 1. The van der Waals surface area contributed by atoms with Gasteiger partial charge < -0.3 is 19.7 Å². The van der Waals surface area contributed by atoms with Crippen LogP contribution in [0.25, 0.3) is 0 Å². The fourth-order valence-electron chi connectivity index (χ4n) is 2.80. The third-order valence-electron chi connectivity index (χ3n) is 4.12. The van der Waals surface area contributed by atoms with Crippen LogP contribution in [0.1, 0.15) is 6.42 Å². The molecule has 1 aliphatic heterocycles. The highest BCUT2D eigenvalue weighted by molar-refractivity contribution is 6.04. The summed E-state index contributed by atoms with van der Waals surface area (Å²) in [7, 11) is 3.10. The van der Waals surface area contributed by atoms with Gasteiger partial charge in [-0.15, -0.1) is 0 Å². The lowest BCUT2D eigenvalue weighted by molar-refractivity contribution is -0.122. The van der Waals surface area contributed by atoms with Crippen LogP contribution in [0.2, 0.25) is 0 Å². The van der Waals surface area contributed by atoms with Crippen molar-refractivity contribution in [3.05, 3.63) is 42.7 Å². The quantitative estimate of drug-likeness (QED) is 0.901. The van der Waals surface area contributed by atoms with E-state index in [1.165, 1.54) is 7.11 Å². The van der Waals surface area contributed by atoms with Gasteiger partial charge in [-0.2, -0.15) is 0 Å². The van der Waals surface area contributed by atoms with Gasteiger partial charge in [0, 0.05) is 37.1 Å². The molecular formula is C18H19N3O4. The SMILES string of the molecule is COc1ccc(N2C[C@@H](C(=O)Nc3ccncc3)CC2=O)c(OC)c1. The van der Waals surface area contributed by atoms with Gasteiger partial charge in [-0.1, -0.05) is 0 Å². The Labute approximate surface area is 145 Å². The number of anilines is 2. The molecule has 2 aromatic rings. The molecule has 2 heterocycles. The van der Waals surface area contributed by atoms with Crippen LogP contribution in [0, 0.1) is 5.92 Å². The number of methoxy groups -OCH3 is 2. The lowest BCUT2D eigenvalue weighted by Gasteiger charge is -2.20. The van der Waals surface area contributed by atoms with Crippen molar-refractivity contribution in [1.82, 2.24) is 4.98 Å². The van der Waals surface area contributed by atoms with Crippen molar-refractivity contribution < 1.29 is 19.1 Å². The first-order chi connectivity index (χ1) is 12.1. The maximum Gasteiger partial charge on any atom is 0.229 e. The minimum Gasteiger partial charge on any atom is -0.497 e. The molecule has 1 atom stereocenters. The molecule has 1 saturated heterocycles. The number of carbonyl (C=O) groups excluding carboxylic acids is 2. The fourth-order valence-corrected chi connectivity index (χ4v) is 2.80.